The first-order valence-electron chi connectivity index (χ1n) is 14.5. The van der Waals surface area contributed by atoms with E-state index >= 15 is 0 Å². The second-order valence-corrected chi connectivity index (χ2v) is 11.0. The number of hydrogen-bond donors (Lipinski definition) is 0. The largest absolute Gasteiger partial charge is 0.457 e. The van der Waals surface area contributed by atoms with Crippen LogP contribution in [0.4, 0.5) is 0 Å². The van der Waals surface area contributed by atoms with E-state index in [1.54, 1.807) is 0 Å². The maximum atomic E-state index is 14.3. The Kier molecular flexibility index (Phi) is 8.82. The molecule has 0 aliphatic rings. The van der Waals surface area contributed by atoms with E-state index in [0.29, 0.717) is 30.0 Å². The maximum Gasteiger partial charge on any atom is 0.340 e. The minimum atomic E-state index is -0.326. The molecule has 0 spiro atoms. The molecule has 0 saturated heterocycles. The van der Waals surface area contributed by atoms with Gasteiger partial charge in [0.2, 0.25) is 0 Å². The van der Waals surface area contributed by atoms with Crippen LogP contribution in [-0.4, -0.2) is 10.5 Å². The average Bonchev–Trinajstić information content (AvgIpc) is 3.34. The third-order valence-electron chi connectivity index (χ3n) is 7.64. The molecule has 0 saturated carbocycles. The molecule has 0 atom stereocenters. The summed E-state index contributed by atoms with van der Waals surface area (Å²) in [5.74, 6) is -0.326. The minimum absolute atomic E-state index is 0.201. The van der Waals surface area contributed by atoms with E-state index in [1.165, 1.54) is 5.56 Å². The second-order valence-electron chi connectivity index (χ2n) is 10.6. The van der Waals surface area contributed by atoms with Gasteiger partial charge in [-0.25, -0.2) is 4.79 Å². The van der Waals surface area contributed by atoms with Crippen molar-refractivity contribution < 1.29 is 9.53 Å². The zero-order valence-corrected chi connectivity index (χ0v) is 24.6. The van der Waals surface area contributed by atoms with E-state index in [-0.39, 0.29) is 12.6 Å². The molecule has 0 N–H and O–H groups in total. The third-order valence-corrected chi connectivity index (χ3v) is 7.89. The van der Waals surface area contributed by atoms with E-state index in [4.69, 9.17) is 16.3 Å². The zero-order chi connectivity index (χ0) is 29.4. The van der Waals surface area contributed by atoms with Crippen molar-refractivity contribution in [1.29, 1.82) is 0 Å². The van der Waals surface area contributed by atoms with Gasteiger partial charge in [0.1, 0.15) is 6.61 Å². The summed E-state index contributed by atoms with van der Waals surface area (Å²) in [7, 11) is 0. The van der Waals surface area contributed by atoms with Crippen LogP contribution in [0.2, 0.25) is 5.02 Å². The Morgan fingerprint density at radius 1 is 0.558 bits per heavy atom. The van der Waals surface area contributed by atoms with Gasteiger partial charge in [0.25, 0.3) is 0 Å². The van der Waals surface area contributed by atoms with Crippen LogP contribution in [0.25, 0.3) is 11.1 Å². The lowest BCUT2D eigenvalue weighted by Crippen LogP contribution is -2.13. The van der Waals surface area contributed by atoms with Crippen molar-refractivity contribution in [2.24, 2.45) is 0 Å². The predicted molar refractivity (Wildman–Crippen MR) is 174 cm³/mol. The van der Waals surface area contributed by atoms with E-state index in [0.717, 1.165) is 39.2 Å². The molecular formula is C39H32ClNO2. The number of nitrogens with zero attached hydrogens (tertiary/aromatic N) is 1. The molecule has 5 aromatic carbocycles. The molecule has 1 heterocycles. The molecule has 6 aromatic rings. The fourth-order valence-corrected chi connectivity index (χ4v) is 5.69. The normalized spacial score (nSPS) is 10.9. The number of aromatic nitrogens is 1. The first kappa shape index (κ1) is 28.3. The van der Waals surface area contributed by atoms with Crippen molar-refractivity contribution in [3.8, 4) is 11.1 Å². The molecule has 0 radical (unpaired) electrons. The van der Waals surface area contributed by atoms with Crippen LogP contribution in [0.15, 0.2) is 146 Å². The van der Waals surface area contributed by atoms with E-state index in [1.807, 2.05) is 84.9 Å². The molecule has 1 aromatic heterocycles. The van der Waals surface area contributed by atoms with E-state index in [2.05, 4.69) is 65.2 Å². The molecule has 6 rings (SSSR count). The maximum absolute atomic E-state index is 14.3. The van der Waals surface area contributed by atoms with E-state index in [9.17, 15) is 4.79 Å². The van der Waals surface area contributed by atoms with Gasteiger partial charge in [0.15, 0.2) is 0 Å². The van der Waals surface area contributed by atoms with Crippen molar-refractivity contribution in [2.75, 3.05) is 0 Å². The van der Waals surface area contributed by atoms with Gasteiger partial charge in [-0.1, -0.05) is 145 Å². The Balaban J connectivity index is 1.57. The predicted octanol–water partition coefficient (Wildman–Crippen LogP) is 9.40. The number of esters is 1. The molecule has 0 bridgehead atoms. The number of carbonyl (C=O) groups is 1. The minimum Gasteiger partial charge on any atom is -0.457 e. The molecule has 43 heavy (non-hydrogen) atoms. The van der Waals surface area contributed by atoms with Crippen molar-refractivity contribution >= 4 is 17.6 Å². The van der Waals surface area contributed by atoms with Crippen LogP contribution in [0.1, 0.15) is 44.0 Å². The van der Waals surface area contributed by atoms with Gasteiger partial charge in [-0.2, -0.15) is 0 Å². The Labute approximate surface area is 258 Å². The lowest BCUT2D eigenvalue weighted by molar-refractivity contribution is 0.0472. The number of carbonyl (C=O) groups excluding carboxylic acids is 1. The SMILES string of the molecule is O=C(OCc1ccccc1)c1c(-c2ccccc2)c(Cc2ccccc2)n(Cc2ccccc2)c1Cc1ccc(Cl)cc1. The lowest BCUT2D eigenvalue weighted by Gasteiger charge is -2.16. The van der Waals surface area contributed by atoms with Crippen LogP contribution >= 0.6 is 11.6 Å². The molecule has 0 amide bonds. The molecule has 0 aliphatic heterocycles. The van der Waals surface area contributed by atoms with Gasteiger partial charge in [-0.05, 0) is 39.9 Å². The molecule has 212 valence electrons. The summed E-state index contributed by atoms with van der Waals surface area (Å²) in [6, 6.07) is 48.7. The van der Waals surface area contributed by atoms with Gasteiger partial charge < -0.3 is 9.30 Å². The van der Waals surface area contributed by atoms with Crippen LogP contribution in [0.5, 0.6) is 0 Å². The summed E-state index contributed by atoms with van der Waals surface area (Å²) in [6.07, 6.45) is 1.21. The van der Waals surface area contributed by atoms with Crippen molar-refractivity contribution in [2.45, 2.75) is 26.0 Å². The molecule has 4 heteroatoms. The summed E-state index contributed by atoms with van der Waals surface area (Å²) >= 11 is 6.25. The highest BCUT2D eigenvalue weighted by molar-refractivity contribution is 6.30. The summed E-state index contributed by atoms with van der Waals surface area (Å²) < 4.78 is 8.40. The van der Waals surface area contributed by atoms with Gasteiger partial charge >= 0.3 is 5.97 Å². The van der Waals surface area contributed by atoms with Crippen molar-refractivity contribution in [3.63, 3.8) is 0 Å². The monoisotopic (exact) mass is 581 g/mol. The van der Waals surface area contributed by atoms with E-state index < -0.39 is 0 Å². The highest BCUT2D eigenvalue weighted by Gasteiger charge is 2.29. The van der Waals surface area contributed by atoms with Crippen molar-refractivity contribution in [1.82, 2.24) is 4.57 Å². The highest BCUT2D eigenvalue weighted by Crippen LogP contribution is 2.37. The van der Waals surface area contributed by atoms with Crippen LogP contribution in [0, 0.1) is 0 Å². The Morgan fingerprint density at radius 3 is 1.65 bits per heavy atom. The lowest BCUT2D eigenvalue weighted by atomic mass is 9.96. The number of ether oxygens (including phenoxy) is 1. The number of halogens is 1. The van der Waals surface area contributed by atoms with Gasteiger partial charge in [-0.3, -0.25) is 0 Å². The first-order valence-corrected chi connectivity index (χ1v) is 14.9. The van der Waals surface area contributed by atoms with Gasteiger partial charge in [-0.15, -0.1) is 0 Å². The number of benzene rings is 5. The number of hydrogen-bond acceptors (Lipinski definition) is 2. The average molecular weight is 582 g/mol. The Bertz CT molecular complexity index is 1780. The Hall–Kier alpha value is -4.86. The molecule has 0 unspecified atom stereocenters. The van der Waals surface area contributed by atoms with Crippen molar-refractivity contribution in [3.05, 3.63) is 190 Å². The first-order chi connectivity index (χ1) is 21.2. The quantitative estimate of drug-likeness (QED) is 0.151. The fraction of sp³-hybridized carbons (Fsp3) is 0.103. The molecule has 0 fully saturated rings. The second kappa shape index (κ2) is 13.4. The third kappa shape index (κ3) is 6.80. The van der Waals surface area contributed by atoms with Gasteiger partial charge in [0.05, 0.1) is 5.56 Å². The van der Waals surface area contributed by atoms with Crippen LogP contribution in [-0.2, 0) is 30.7 Å². The Morgan fingerprint density at radius 2 is 1.05 bits per heavy atom. The summed E-state index contributed by atoms with van der Waals surface area (Å²) in [5.41, 5.74) is 8.88. The summed E-state index contributed by atoms with van der Waals surface area (Å²) in [5, 5.41) is 0.681. The summed E-state index contributed by atoms with van der Waals surface area (Å²) in [4.78, 5) is 14.3. The molecular weight excluding hydrogens is 550 g/mol. The standard InChI is InChI=1S/C39H32ClNO2/c40-34-23-21-30(22-24-34)26-36-38(39(42)43-28-32-17-9-3-10-18-32)37(33-19-11-4-12-20-33)35(25-29-13-5-1-6-14-29)41(36)27-31-15-7-2-8-16-31/h1-24H,25-28H2. The van der Waals surface area contributed by atoms with Crippen LogP contribution < -0.4 is 0 Å². The molecule has 3 nitrogen and oxygen atoms in total. The zero-order valence-electron chi connectivity index (χ0n) is 23.8. The highest BCUT2D eigenvalue weighted by atomic mass is 35.5. The summed E-state index contributed by atoms with van der Waals surface area (Å²) in [6.45, 7) is 0.823. The molecule has 0 aliphatic carbocycles. The van der Waals surface area contributed by atoms with Crippen LogP contribution in [0.3, 0.4) is 0 Å². The van der Waals surface area contributed by atoms with Gasteiger partial charge in [0, 0.05) is 41.4 Å². The number of rotatable bonds is 10. The topological polar surface area (TPSA) is 31.2 Å². The smallest absolute Gasteiger partial charge is 0.340 e. The fourth-order valence-electron chi connectivity index (χ4n) is 5.56.